The van der Waals surface area contributed by atoms with Crippen molar-refractivity contribution in [3.05, 3.63) is 42.2 Å². The molecule has 0 spiro atoms. The Hall–Kier alpha value is -2.18. The third-order valence-corrected chi connectivity index (χ3v) is 4.22. The van der Waals surface area contributed by atoms with Crippen molar-refractivity contribution in [1.29, 1.82) is 0 Å². The summed E-state index contributed by atoms with van der Waals surface area (Å²) in [7, 11) is 0. The maximum Gasteiger partial charge on any atom is 0.287 e. The third kappa shape index (κ3) is 3.18. The maximum absolute atomic E-state index is 12.0. The number of aromatic nitrogens is 1. The fraction of sp³-hybridized carbons (Fsp3) is 0.250. The standard InChI is InChI=1S/C16H17N3O2S/c1-2-17-9-10-18-15(20)12-7-8-13(21-12)16-19-11-5-3-4-6-14(11)22-16/h3-8,17H,2,9-10H2,1H3,(H,18,20). The average Bonchev–Trinajstić information content (AvgIpc) is 3.17. The minimum atomic E-state index is -0.203. The molecule has 22 heavy (non-hydrogen) atoms. The Morgan fingerprint density at radius 1 is 1.23 bits per heavy atom. The summed E-state index contributed by atoms with van der Waals surface area (Å²) in [6.45, 7) is 4.23. The van der Waals surface area contributed by atoms with Gasteiger partial charge in [-0.3, -0.25) is 4.79 Å². The van der Waals surface area contributed by atoms with Crippen LogP contribution in [0, 0.1) is 0 Å². The van der Waals surface area contributed by atoms with E-state index in [0.717, 1.165) is 28.3 Å². The number of carbonyl (C=O) groups excluding carboxylic acids is 1. The lowest BCUT2D eigenvalue weighted by Gasteiger charge is -2.03. The van der Waals surface area contributed by atoms with E-state index >= 15 is 0 Å². The number of amides is 1. The van der Waals surface area contributed by atoms with Crippen LogP contribution in [-0.2, 0) is 0 Å². The van der Waals surface area contributed by atoms with Crippen molar-refractivity contribution in [2.24, 2.45) is 0 Å². The molecule has 0 unspecified atom stereocenters. The lowest BCUT2D eigenvalue weighted by molar-refractivity contribution is 0.0927. The van der Waals surface area contributed by atoms with Crippen LogP contribution in [0.1, 0.15) is 17.5 Å². The number of furan rings is 1. The van der Waals surface area contributed by atoms with Gasteiger partial charge in [-0.2, -0.15) is 0 Å². The second-order valence-electron chi connectivity index (χ2n) is 4.76. The minimum absolute atomic E-state index is 0.203. The molecule has 6 heteroatoms. The molecule has 0 aliphatic carbocycles. The summed E-state index contributed by atoms with van der Waals surface area (Å²) in [5.41, 5.74) is 0.940. The molecule has 1 amide bonds. The molecule has 0 radical (unpaired) electrons. The van der Waals surface area contributed by atoms with Crippen molar-refractivity contribution < 1.29 is 9.21 Å². The highest BCUT2D eigenvalue weighted by Gasteiger charge is 2.14. The lowest BCUT2D eigenvalue weighted by atomic mass is 10.3. The van der Waals surface area contributed by atoms with Crippen molar-refractivity contribution in [2.45, 2.75) is 6.92 Å². The van der Waals surface area contributed by atoms with Gasteiger partial charge in [0.15, 0.2) is 16.5 Å². The highest BCUT2D eigenvalue weighted by atomic mass is 32.1. The van der Waals surface area contributed by atoms with Crippen LogP contribution in [-0.4, -0.2) is 30.5 Å². The SMILES string of the molecule is CCNCCNC(=O)c1ccc(-c2nc3ccccc3s2)o1. The zero-order valence-corrected chi connectivity index (χ0v) is 13.1. The molecule has 0 atom stereocenters. The van der Waals surface area contributed by atoms with Gasteiger partial charge >= 0.3 is 0 Å². The number of nitrogens with zero attached hydrogens (tertiary/aromatic N) is 1. The van der Waals surface area contributed by atoms with E-state index in [4.69, 9.17) is 4.42 Å². The topological polar surface area (TPSA) is 67.2 Å². The van der Waals surface area contributed by atoms with Gasteiger partial charge < -0.3 is 15.1 Å². The Labute approximate surface area is 132 Å². The van der Waals surface area contributed by atoms with Gasteiger partial charge in [-0.05, 0) is 30.8 Å². The summed E-state index contributed by atoms with van der Waals surface area (Å²) >= 11 is 1.55. The van der Waals surface area contributed by atoms with E-state index < -0.39 is 0 Å². The number of para-hydroxylation sites is 1. The van der Waals surface area contributed by atoms with Gasteiger partial charge in [0.1, 0.15) is 0 Å². The molecular formula is C16H17N3O2S. The molecule has 0 bridgehead atoms. The largest absolute Gasteiger partial charge is 0.448 e. The number of hydrogen-bond acceptors (Lipinski definition) is 5. The molecule has 0 aliphatic heterocycles. The van der Waals surface area contributed by atoms with Crippen LogP contribution in [0.2, 0.25) is 0 Å². The molecule has 3 rings (SSSR count). The van der Waals surface area contributed by atoms with Crippen LogP contribution in [0.5, 0.6) is 0 Å². The van der Waals surface area contributed by atoms with Gasteiger partial charge in [-0.15, -0.1) is 11.3 Å². The zero-order chi connectivity index (χ0) is 15.4. The summed E-state index contributed by atoms with van der Waals surface area (Å²) in [6.07, 6.45) is 0. The van der Waals surface area contributed by atoms with Gasteiger partial charge in [-0.25, -0.2) is 4.98 Å². The minimum Gasteiger partial charge on any atom is -0.448 e. The highest BCUT2D eigenvalue weighted by Crippen LogP contribution is 2.30. The van der Waals surface area contributed by atoms with E-state index in [-0.39, 0.29) is 5.91 Å². The van der Waals surface area contributed by atoms with E-state index in [2.05, 4.69) is 15.6 Å². The molecular weight excluding hydrogens is 298 g/mol. The second-order valence-corrected chi connectivity index (χ2v) is 5.79. The van der Waals surface area contributed by atoms with Crippen LogP contribution >= 0.6 is 11.3 Å². The molecule has 0 fully saturated rings. The van der Waals surface area contributed by atoms with Gasteiger partial charge in [0.25, 0.3) is 5.91 Å². The quantitative estimate of drug-likeness (QED) is 0.686. The fourth-order valence-electron chi connectivity index (χ4n) is 2.08. The highest BCUT2D eigenvalue weighted by molar-refractivity contribution is 7.21. The summed E-state index contributed by atoms with van der Waals surface area (Å²) in [4.78, 5) is 16.5. The van der Waals surface area contributed by atoms with Gasteiger partial charge in [0.05, 0.1) is 10.2 Å². The van der Waals surface area contributed by atoms with Gasteiger partial charge in [0, 0.05) is 13.1 Å². The van der Waals surface area contributed by atoms with Crippen LogP contribution in [0.25, 0.3) is 21.0 Å². The summed E-state index contributed by atoms with van der Waals surface area (Å²) < 4.78 is 6.74. The smallest absolute Gasteiger partial charge is 0.287 e. The van der Waals surface area contributed by atoms with E-state index in [1.165, 1.54) is 0 Å². The van der Waals surface area contributed by atoms with Gasteiger partial charge in [-0.1, -0.05) is 19.1 Å². The molecule has 3 aromatic rings. The number of likely N-dealkylation sites (N-methyl/N-ethyl adjacent to an activating group) is 1. The third-order valence-electron chi connectivity index (χ3n) is 3.17. The first-order chi connectivity index (χ1) is 10.8. The second kappa shape index (κ2) is 6.72. The van der Waals surface area contributed by atoms with Crippen molar-refractivity contribution >= 4 is 27.5 Å². The summed E-state index contributed by atoms with van der Waals surface area (Å²) in [5, 5.41) is 6.75. The van der Waals surface area contributed by atoms with Gasteiger partial charge in [0.2, 0.25) is 0 Å². The lowest BCUT2D eigenvalue weighted by Crippen LogP contribution is -2.31. The monoisotopic (exact) mass is 315 g/mol. The van der Waals surface area contributed by atoms with Crippen molar-refractivity contribution in [3.8, 4) is 10.8 Å². The van der Waals surface area contributed by atoms with E-state index in [9.17, 15) is 4.79 Å². The van der Waals surface area contributed by atoms with E-state index in [1.54, 1.807) is 23.5 Å². The number of carbonyl (C=O) groups is 1. The normalized spacial score (nSPS) is 11.0. The number of rotatable bonds is 6. The average molecular weight is 315 g/mol. The first-order valence-electron chi connectivity index (χ1n) is 7.22. The Kier molecular flexibility index (Phi) is 4.50. The molecule has 0 aliphatic rings. The number of nitrogens with one attached hydrogen (secondary N) is 2. The predicted molar refractivity (Wildman–Crippen MR) is 88.2 cm³/mol. The van der Waals surface area contributed by atoms with E-state index in [1.807, 2.05) is 31.2 Å². The van der Waals surface area contributed by atoms with Crippen LogP contribution in [0.15, 0.2) is 40.8 Å². The Morgan fingerprint density at radius 3 is 2.91 bits per heavy atom. The Morgan fingerprint density at radius 2 is 2.09 bits per heavy atom. The molecule has 1 aromatic carbocycles. The van der Waals surface area contributed by atoms with Crippen molar-refractivity contribution in [2.75, 3.05) is 19.6 Å². The fourth-order valence-corrected chi connectivity index (χ4v) is 3.01. The number of fused-ring (bicyclic) bond motifs is 1. The summed E-state index contributed by atoms with van der Waals surface area (Å²) in [5.74, 6) is 0.731. The van der Waals surface area contributed by atoms with E-state index in [0.29, 0.717) is 18.1 Å². The number of benzene rings is 1. The molecule has 114 valence electrons. The molecule has 0 saturated heterocycles. The van der Waals surface area contributed by atoms with Crippen molar-refractivity contribution in [1.82, 2.24) is 15.6 Å². The number of thiazole rings is 1. The molecule has 2 N–H and O–H groups in total. The summed E-state index contributed by atoms with van der Waals surface area (Å²) in [6, 6.07) is 11.4. The first-order valence-corrected chi connectivity index (χ1v) is 8.04. The predicted octanol–water partition coefficient (Wildman–Crippen LogP) is 2.90. The first kappa shape index (κ1) is 14.7. The Balaban J connectivity index is 1.71. The Bertz CT molecular complexity index is 745. The number of hydrogen-bond donors (Lipinski definition) is 2. The molecule has 5 nitrogen and oxygen atoms in total. The van der Waals surface area contributed by atoms with Crippen LogP contribution in [0.4, 0.5) is 0 Å². The molecule has 0 saturated carbocycles. The van der Waals surface area contributed by atoms with Crippen LogP contribution < -0.4 is 10.6 Å². The van der Waals surface area contributed by atoms with Crippen molar-refractivity contribution in [3.63, 3.8) is 0 Å². The maximum atomic E-state index is 12.0. The zero-order valence-electron chi connectivity index (χ0n) is 12.3. The molecule has 2 heterocycles. The van der Waals surface area contributed by atoms with Crippen LogP contribution in [0.3, 0.4) is 0 Å². The molecule has 2 aromatic heterocycles.